The molecule has 1 heterocycles. The summed E-state index contributed by atoms with van der Waals surface area (Å²) in [5.74, 6) is -3.43. The monoisotopic (exact) mass is 390 g/mol. The normalized spacial score (nSPS) is 10.4. The summed E-state index contributed by atoms with van der Waals surface area (Å²) in [5, 5.41) is 5.87. The Hall–Kier alpha value is -1.74. The third kappa shape index (κ3) is 4.14. The average Bonchev–Trinajstić information content (AvgIpc) is 2.50. The highest BCUT2D eigenvalue weighted by Crippen LogP contribution is 2.16. The lowest BCUT2D eigenvalue weighted by Crippen LogP contribution is -2.30. The fraction of sp³-hybridized carbons (Fsp3) is 0.154. The number of hydrogen-bond acceptors (Lipinski definition) is 3. The Labute approximate surface area is 138 Å². The number of nitrogens with zero attached hydrogens (tertiary/aromatic N) is 2. The van der Waals surface area contributed by atoms with E-state index in [0.29, 0.717) is 10.4 Å². The number of anilines is 1. The fourth-order valence-electron chi connectivity index (χ4n) is 1.63. The Bertz CT molecular complexity index is 699. The Balaban J connectivity index is 1.88. The highest BCUT2D eigenvalue weighted by Gasteiger charge is 2.13. The van der Waals surface area contributed by atoms with Crippen molar-refractivity contribution in [2.45, 2.75) is 6.42 Å². The molecule has 1 aromatic carbocycles. The van der Waals surface area contributed by atoms with Gasteiger partial charge in [0.05, 0.1) is 0 Å². The molecule has 0 saturated heterocycles. The molecule has 0 unspecified atom stereocenters. The van der Waals surface area contributed by atoms with E-state index in [1.807, 2.05) is 0 Å². The first-order valence-corrected chi connectivity index (χ1v) is 7.33. The zero-order chi connectivity index (χ0) is 16.1. The molecule has 0 atom stereocenters. The maximum absolute atomic E-state index is 13.5. The second kappa shape index (κ2) is 7.50. The van der Waals surface area contributed by atoms with E-state index in [1.165, 1.54) is 18.5 Å². The van der Waals surface area contributed by atoms with Crippen LogP contribution in [0.5, 0.6) is 0 Å². The smallest absolute Gasteiger partial charge is 0.194 e. The first kappa shape index (κ1) is 16.6. The summed E-state index contributed by atoms with van der Waals surface area (Å²) in [6.07, 6.45) is 3.15. The van der Waals surface area contributed by atoms with Crippen LogP contribution in [0, 0.1) is 17.5 Å². The zero-order valence-corrected chi connectivity index (χ0v) is 13.4. The summed E-state index contributed by atoms with van der Waals surface area (Å²) < 4.78 is 39.9. The summed E-state index contributed by atoms with van der Waals surface area (Å²) in [6.45, 7) is 0.242. The lowest BCUT2D eigenvalue weighted by molar-refractivity contribution is 0.441. The highest BCUT2D eigenvalue weighted by molar-refractivity contribution is 9.10. The van der Waals surface area contributed by atoms with Crippen LogP contribution in [0.4, 0.5) is 19.0 Å². The summed E-state index contributed by atoms with van der Waals surface area (Å²) >= 11 is 8.26. The van der Waals surface area contributed by atoms with Crippen LogP contribution >= 0.6 is 28.1 Å². The molecule has 22 heavy (non-hydrogen) atoms. The predicted octanol–water partition coefficient (Wildman–Crippen LogP) is 3.19. The highest BCUT2D eigenvalue weighted by atomic mass is 79.9. The minimum Gasteiger partial charge on any atom is -0.362 e. The number of benzene rings is 1. The van der Waals surface area contributed by atoms with Gasteiger partial charge < -0.3 is 10.6 Å². The maximum Gasteiger partial charge on any atom is 0.194 e. The predicted molar refractivity (Wildman–Crippen MR) is 84.0 cm³/mol. The topological polar surface area (TPSA) is 49.8 Å². The van der Waals surface area contributed by atoms with Crippen molar-refractivity contribution in [3.63, 3.8) is 0 Å². The largest absolute Gasteiger partial charge is 0.362 e. The van der Waals surface area contributed by atoms with Gasteiger partial charge in [0.25, 0.3) is 0 Å². The van der Waals surface area contributed by atoms with Crippen molar-refractivity contribution in [2.75, 3.05) is 11.9 Å². The molecule has 0 radical (unpaired) electrons. The summed E-state index contributed by atoms with van der Waals surface area (Å²) in [6, 6.07) is 2.09. The van der Waals surface area contributed by atoms with Gasteiger partial charge >= 0.3 is 0 Å². The molecular formula is C13H10BrF3N4S. The number of nitrogens with one attached hydrogen (secondary N) is 2. The number of aromatic nitrogens is 2. The Morgan fingerprint density at radius 3 is 2.59 bits per heavy atom. The van der Waals surface area contributed by atoms with Gasteiger partial charge in [-0.15, -0.1) is 0 Å². The van der Waals surface area contributed by atoms with E-state index < -0.39 is 17.5 Å². The lowest BCUT2D eigenvalue weighted by Gasteiger charge is -2.11. The van der Waals surface area contributed by atoms with Gasteiger partial charge in [-0.1, -0.05) is 6.07 Å². The number of rotatable bonds is 4. The molecule has 2 aromatic rings. The fourth-order valence-corrected chi connectivity index (χ4v) is 2.14. The van der Waals surface area contributed by atoms with Gasteiger partial charge in [-0.25, -0.2) is 23.1 Å². The SMILES string of the molecule is Fc1ccc(CCNC(=S)Nc2nccnc2Br)c(F)c1F. The molecule has 0 fully saturated rings. The third-order valence-corrected chi connectivity index (χ3v) is 3.51. The molecule has 2 rings (SSSR count). The quantitative estimate of drug-likeness (QED) is 0.620. The molecule has 0 bridgehead atoms. The van der Waals surface area contributed by atoms with E-state index in [4.69, 9.17) is 12.2 Å². The van der Waals surface area contributed by atoms with Crippen LogP contribution in [0.15, 0.2) is 29.1 Å². The number of halogens is 4. The average molecular weight is 391 g/mol. The second-order valence-electron chi connectivity index (χ2n) is 4.16. The molecular weight excluding hydrogens is 381 g/mol. The summed E-state index contributed by atoms with van der Waals surface area (Å²) in [7, 11) is 0. The van der Waals surface area contributed by atoms with E-state index in [2.05, 4.69) is 36.5 Å². The Kier molecular flexibility index (Phi) is 5.67. The molecule has 0 spiro atoms. The van der Waals surface area contributed by atoms with Gasteiger partial charge in [-0.2, -0.15) is 0 Å². The van der Waals surface area contributed by atoms with Crippen molar-refractivity contribution in [3.8, 4) is 0 Å². The van der Waals surface area contributed by atoms with Crippen molar-refractivity contribution >= 4 is 39.1 Å². The minimum atomic E-state index is -1.47. The van der Waals surface area contributed by atoms with Crippen molar-refractivity contribution in [3.05, 3.63) is 52.1 Å². The van der Waals surface area contributed by atoms with Gasteiger partial charge in [-0.3, -0.25) is 0 Å². The Morgan fingerprint density at radius 2 is 1.86 bits per heavy atom. The third-order valence-electron chi connectivity index (χ3n) is 2.68. The zero-order valence-electron chi connectivity index (χ0n) is 11.0. The molecule has 0 aliphatic rings. The van der Waals surface area contributed by atoms with Gasteiger partial charge in [0, 0.05) is 18.9 Å². The van der Waals surface area contributed by atoms with Crippen molar-refractivity contribution in [1.29, 1.82) is 0 Å². The summed E-state index contributed by atoms with van der Waals surface area (Å²) in [4.78, 5) is 7.99. The van der Waals surface area contributed by atoms with Crippen LogP contribution in [0.2, 0.25) is 0 Å². The standard InChI is InChI=1S/C13H10BrF3N4S/c14-11-12(19-6-5-18-11)21-13(22)20-4-3-7-1-2-8(15)10(17)9(7)16/h1-2,5-6H,3-4H2,(H2,19,20,21,22). The van der Waals surface area contributed by atoms with Crippen molar-refractivity contribution in [1.82, 2.24) is 15.3 Å². The van der Waals surface area contributed by atoms with E-state index in [-0.39, 0.29) is 23.6 Å². The maximum atomic E-state index is 13.5. The van der Waals surface area contributed by atoms with Gasteiger partial charge in [0.1, 0.15) is 4.60 Å². The van der Waals surface area contributed by atoms with E-state index >= 15 is 0 Å². The lowest BCUT2D eigenvalue weighted by atomic mass is 10.1. The molecule has 0 amide bonds. The van der Waals surface area contributed by atoms with Crippen LogP contribution in [-0.2, 0) is 6.42 Å². The molecule has 0 aliphatic carbocycles. The van der Waals surface area contributed by atoms with E-state index in [9.17, 15) is 13.2 Å². The van der Waals surface area contributed by atoms with E-state index in [1.54, 1.807) is 0 Å². The molecule has 9 heteroatoms. The molecule has 1 aromatic heterocycles. The molecule has 0 aliphatic heterocycles. The summed E-state index contributed by atoms with van der Waals surface area (Å²) in [5.41, 5.74) is 0.0647. The van der Waals surface area contributed by atoms with E-state index in [0.717, 1.165) is 6.07 Å². The molecule has 0 saturated carbocycles. The van der Waals surface area contributed by atoms with Crippen LogP contribution < -0.4 is 10.6 Å². The van der Waals surface area contributed by atoms with Crippen LogP contribution in [-0.4, -0.2) is 21.6 Å². The number of hydrogen-bond donors (Lipinski definition) is 2. The Morgan fingerprint density at radius 1 is 1.14 bits per heavy atom. The molecule has 2 N–H and O–H groups in total. The molecule has 4 nitrogen and oxygen atoms in total. The van der Waals surface area contributed by atoms with Gasteiger partial charge in [0.15, 0.2) is 28.4 Å². The van der Waals surface area contributed by atoms with Gasteiger partial charge in [-0.05, 0) is 46.2 Å². The first-order valence-electron chi connectivity index (χ1n) is 6.12. The van der Waals surface area contributed by atoms with Crippen molar-refractivity contribution in [2.24, 2.45) is 0 Å². The van der Waals surface area contributed by atoms with Crippen molar-refractivity contribution < 1.29 is 13.2 Å². The molecule has 116 valence electrons. The number of thiocarbonyl (C=S) groups is 1. The van der Waals surface area contributed by atoms with Gasteiger partial charge in [0.2, 0.25) is 0 Å². The van der Waals surface area contributed by atoms with Crippen LogP contribution in [0.25, 0.3) is 0 Å². The van der Waals surface area contributed by atoms with Crippen LogP contribution in [0.3, 0.4) is 0 Å². The minimum absolute atomic E-state index is 0.0647. The van der Waals surface area contributed by atoms with Crippen LogP contribution in [0.1, 0.15) is 5.56 Å². The second-order valence-corrected chi connectivity index (χ2v) is 5.32. The first-order chi connectivity index (χ1) is 10.5.